The lowest BCUT2D eigenvalue weighted by Crippen LogP contribution is -2.05. The van der Waals surface area contributed by atoms with E-state index in [9.17, 15) is 8.42 Å². The Hall–Kier alpha value is -2.99. The average molecular weight is 499 g/mol. The van der Waals surface area contributed by atoms with Gasteiger partial charge in [-0.1, -0.05) is 61.0 Å². The van der Waals surface area contributed by atoms with Crippen LogP contribution in [0.4, 0.5) is 0 Å². The molecule has 0 amide bonds. The molecule has 4 nitrogen and oxygen atoms in total. The maximum absolute atomic E-state index is 13.4. The number of hydrogen-bond acceptors (Lipinski definition) is 4. The van der Waals surface area contributed by atoms with Crippen molar-refractivity contribution in [2.24, 2.45) is 17.4 Å². The van der Waals surface area contributed by atoms with Crippen LogP contribution in [0.3, 0.4) is 0 Å². The molecule has 5 rings (SSSR count). The number of fused-ring (bicyclic) bond motifs is 3. The van der Waals surface area contributed by atoms with Crippen molar-refractivity contribution in [1.29, 1.82) is 0 Å². The van der Waals surface area contributed by atoms with Crippen LogP contribution in [0.15, 0.2) is 88.2 Å². The van der Waals surface area contributed by atoms with E-state index in [1.807, 2.05) is 18.2 Å². The summed E-state index contributed by atoms with van der Waals surface area (Å²) in [5, 5.41) is 0. The van der Waals surface area contributed by atoms with E-state index in [2.05, 4.69) is 49.4 Å². The molecule has 0 saturated carbocycles. The summed E-state index contributed by atoms with van der Waals surface area (Å²) in [6, 6.07) is 20.0. The first-order chi connectivity index (χ1) is 17.4. The van der Waals surface area contributed by atoms with Gasteiger partial charge >= 0.3 is 0 Å². The summed E-state index contributed by atoms with van der Waals surface area (Å²) < 4.78 is 26.7. The number of benzene rings is 3. The molecule has 1 aliphatic carbocycles. The second kappa shape index (κ2) is 10.2. The fraction of sp³-hybridized carbons (Fsp3) is 0.290. The minimum atomic E-state index is -3.53. The molecule has 3 aromatic rings. The Morgan fingerprint density at radius 1 is 0.806 bits per heavy atom. The number of allylic oxidation sites excluding steroid dienone is 4. The normalized spacial score (nSPS) is 17.8. The van der Waals surface area contributed by atoms with Gasteiger partial charge in [0, 0.05) is 11.1 Å². The summed E-state index contributed by atoms with van der Waals surface area (Å²) >= 11 is 0. The highest BCUT2D eigenvalue weighted by Crippen LogP contribution is 2.46. The molecule has 1 aliphatic heterocycles. The van der Waals surface area contributed by atoms with Crippen molar-refractivity contribution < 1.29 is 8.42 Å². The fourth-order valence-corrected chi connectivity index (χ4v) is 6.99. The highest BCUT2D eigenvalue weighted by Gasteiger charge is 2.33. The van der Waals surface area contributed by atoms with Crippen LogP contribution in [0.5, 0.6) is 0 Å². The minimum absolute atomic E-state index is 0.379. The van der Waals surface area contributed by atoms with Crippen LogP contribution in [0, 0.1) is 5.92 Å². The van der Waals surface area contributed by atoms with E-state index in [1.54, 1.807) is 12.1 Å². The molecule has 4 N–H and O–H groups in total. The van der Waals surface area contributed by atoms with Crippen molar-refractivity contribution in [2.75, 3.05) is 13.1 Å². The molecule has 0 aromatic heterocycles. The van der Waals surface area contributed by atoms with Gasteiger partial charge in [0.05, 0.1) is 9.79 Å². The third-order valence-electron chi connectivity index (χ3n) is 7.37. The van der Waals surface area contributed by atoms with E-state index in [0.29, 0.717) is 28.8 Å². The molecule has 2 aliphatic rings. The van der Waals surface area contributed by atoms with Crippen LogP contribution in [0.25, 0.3) is 27.8 Å². The van der Waals surface area contributed by atoms with Crippen LogP contribution in [0.2, 0.25) is 0 Å². The van der Waals surface area contributed by atoms with Crippen LogP contribution in [0.1, 0.15) is 43.7 Å². The molecular formula is C31H34N2O2S. The summed E-state index contributed by atoms with van der Waals surface area (Å²) in [7, 11) is -3.53. The lowest BCUT2D eigenvalue weighted by atomic mass is 9.83. The van der Waals surface area contributed by atoms with Gasteiger partial charge in [-0.2, -0.15) is 0 Å². The van der Waals surface area contributed by atoms with Gasteiger partial charge in [0.1, 0.15) is 0 Å². The molecule has 0 bridgehead atoms. The maximum Gasteiger partial charge on any atom is 0.207 e. The Kier molecular flexibility index (Phi) is 6.98. The molecule has 5 heteroatoms. The minimum Gasteiger partial charge on any atom is -0.330 e. The Bertz CT molecular complexity index is 1470. The average Bonchev–Trinajstić information content (AvgIpc) is 3.12. The molecule has 0 saturated heterocycles. The molecule has 186 valence electrons. The number of nitrogens with two attached hydrogens (primary N) is 2. The molecule has 0 spiro atoms. The highest BCUT2D eigenvalue weighted by molar-refractivity contribution is 7.92. The van der Waals surface area contributed by atoms with Crippen LogP contribution in [-0.4, -0.2) is 21.5 Å². The van der Waals surface area contributed by atoms with E-state index < -0.39 is 9.84 Å². The summed E-state index contributed by atoms with van der Waals surface area (Å²) in [6.45, 7) is 3.58. The standard InChI is InChI=1S/C31H34N2O2S/c1-21-9-10-23(7-4-16-33)18-27(21)26-12-14-31-29(20-26)28-19-25(11-13-30(28)36(31,34)35)24-8-2-5-22(17-24)6-3-15-32/h2,5,8,10-14,17-21H,3-4,6-7,9,15-16,32-33H2,1H3. The molecule has 0 fully saturated rings. The first-order valence-corrected chi connectivity index (χ1v) is 14.3. The SMILES string of the molecule is CC1CC=C(CCCN)C=C1c1ccc2c(c1)-c1cc(-c3cccc(CCCN)c3)ccc1S2(=O)=O. The van der Waals surface area contributed by atoms with Gasteiger partial charge in [-0.15, -0.1) is 0 Å². The predicted molar refractivity (Wildman–Crippen MR) is 148 cm³/mol. The van der Waals surface area contributed by atoms with Gasteiger partial charge in [0.15, 0.2) is 0 Å². The second-order valence-corrected chi connectivity index (χ2v) is 11.8. The van der Waals surface area contributed by atoms with E-state index in [-0.39, 0.29) is 0 Å². The molecule has 1 heterocycles. The van der Waals surface area contributed by atoms with E-state index in [0.717, 1.165) is 59.9 Å². The monoisotopic (exact) mass is 498 g/mol. The number of hydrogen-bond donors (Lipinski definition) is 2. The zero-order valence-electron chi connectivity index (χ0n) is 20.8. The van der Waals surface area contributed by atoms with Crippen LogP contribution >= 0.6 is 0 Å². The smallest absolute Gasteiger partial charge is 0.207 e. The zero-order valence-corrected chi connectivity index (χ0v) is 21.7. The van der Waals surface area contributed by atoms with Crippen LogP contribution < -0.4 is 11.5 Å². The molecule has 0 radical (unpaired) electrons. The topological polar surface area (TPSA) is 86.2 Å². The summed E-state index contributed by atoms with van der Waals surface area (Å²) in [5.41, 5.74) is 20.0. The molecule has 1 unspecified atom stereocenters. The largest absolute Gasteiger partial charge is 0.330 e. The maximum atomic E-state index is 13.4. The lowest BCUT2D eigenvalue weighted by molar-refractivity contribution is 0.598. The summed E-state index contributed by atoms with van der Waals surface area (Å²) in [6.07, 6.45) is 9.40. The quantitative estimate of drug-likeness (QED) is 0.305. The van der Waals surface area contributed by atoms with Crippen molar-refractivity contribution >= 4 is 15.4 Å². The van der Waals surface area contributed by atoms with Gasteiger partial charge in [-0.25, -0.2) is 8.42 Å². The predicted octanol–water partition coefficient (Wildman–Crippen LogP) is 6.15. The third-order valence-corrected chi connectivity index (χ3v) is 9.24. The molecule has 36 heavy (non-hydrogen) atoms. The zero-order chi connectivity index (χ0) is 25.3. The lowest BCUT2D eigenvalue weighted by Gasteiger charge is -2.21. The van der Waals surface area contributed by atoms with Crippen molar-refractivity contribution in [3.63, 3.8) is 0 Å². The molecule has 3 aromatic carbocycles. The Morgan fingerprint density at radius 3 is 2.17 bits per heavy atom. The number of aryl methyl sites for hydroxylation is 1. The van der Waals surface area contributed by atoms with Crippen molar-refractivity contribution in [2.45, 2.75) is 48.8 Å². The van der Waals surface area contributed by atoms with Crippen molar-refractivity contribution in [3.05, 3.63) is 89.5 Å². The number of rotatable bonds is 8. The van der Waals surface area contributed by atoms with Crippen LogP contribution in [-0.2, 0) is 16.3 Å². The molecular weight excluding hydrogens is 464 g/mol. The second-order valence-electron chi connectivity index (χ2n) is 9.93. The summed E-state index contributed by atoms with van der Waals surface area (Å²) in [5.74, 6) is 0.379. The Morgan fingerprint density at radius 2 is 1.44 bits per heavy atom. The van der Waals surface area contributed by atoms with Crippen molar-refractivity contribution in [1.82, 2.24) is 0 Å². The highest BCUT2D eigenvalue weighted by atomic mass is 32.2. The fourth-order valence-electron chi connectivity index (χ4n) is 5.34. The Labute approximate surface area is 214 Å². The van der Waals surface area contributed by atoms with Crippen molar-refractivity contribution in [3.8, 4) is 22.3 Å². The van der Waals surface area contributed by atoms with E-state index in [4.69, 9.17) is 11.5 Å². The van der Waals surface area contributed by atoms with Gasteiger partial charge < -0.3 is 11.5 Å². The first-order valence-electron chi connectivity index (χ1n) is 12.9. The van der Waals surface area contributed by atoms with E-state index in [1.165, 1.54) is 16.7 Å². The third kappa shape index (κ3) is 4.59. The number of sulfone groups is 1. The molecule has 1 atom stereocenters. The van der Waals surface area contributed by atoms with Gasteiger partial charge in [-0.05, 0) is 103 Å². The Balaban J connectivity index is 1.56. The van der Waals surface area contributed by atoms with Gasteiger partial charge in [0.25, 0.3) is 0 Å². The summed E-state index contributed by atoms with van der Waals surface area (Å²) in [4.78, 5) is 0.796. The van der Waals surface area contributed by atoms with Gasteiger partial charge in [0.2, 0.25) is 9.84 Å². The first kappa shape index (κ1) is 24.7. The van der Waals surface area contributed by atoms with Gasteiger partial charge in [-0.3, -0.25) is 0 Å². The van der Waals surface area contributed by atoms with E-state index >= 15 is 0 Å².